The van der Waals surface area contributed by atoms with Gasteiger partial charge in [-0.25, -0.2) is 0 Å². The van der Waals surface area contributed by atoms with Crippen LogP contribution in [0, 0.1) is 0 Å². The van der Waals surface area contributed by atoms with Crippen LogP contribution < -0.4 is 0 Å². The lowest BCUT2D eigenvalue weighted by Crippen LogP contribution is -2.11. The van der Waals surface area contributed by atoms with E-state index >= 15 is 0 Å². The Labute approximate surface area is 130 Å². The zero-order chi connectivity index (χ0) is 16.2. The molecule has 2 rings (SSSR count). The number of alkyl halides is 3. The molecule has 2 aromatic carbocycles. The van der Waals surface area contributed by atoms with E-state index < -0.39 is 22.5 Å². The molecular weight excluding hydrogens is 317 g/mol. The first-order chi connectivity index (χ1) is 10.4. The fourth-order valence-electron chi connectivity index (χ4n) is 1.84. The molecule has 0 atom stereocenters. The van der Waals surface area contributed by atoms with Gasteiger partial charge in [0.15, 0.2) is 5.78 Å². The van der Waals surface area contributed by atoms with E-state index in [-0.39, 0.29) is 18.8 Å². The first-order valence-corrected chi connectivity index (χ1v) is 6.77. The number of Topliss-reactive ketones (excluding diaryl/α,β-unsaturated/α-hetero) is 1. The van der Waals surface area contributed by atoms with Crippen molar-refractivity contribution in [1.29, 1.82) is 0 Å². The molecular formula is C16H12ClF3O2. The van der Waals surface area contributed by atoms with E-state index in [0.717, 1.165) is 23.8 Å². The SMILES string of the molecule is O=C(COCc1ccccc1)c1ccc(C(F)(F)F)c(Cl)c1. The molecule has 0 fully saturated rings. The van der Waals surface area contributed by atoms with Gasteiger partial charge in [0.25, 0.3) is 0 Å². The number of ether oxygens (including phenoxy) is 1. The topological polar surface area (TPSA) is 26.3 Å². The maximum absolute atomic E-state index is 12.6. The molecule has 0 amide bonds. The molecule has 6 heteroatoms. The Morgan fingerprint density at radius 1 is 1.09 bits per heavy atom. The molecule has 0 unspecified atom stereocenters. The average Bonchev–Trinajstić information content (AvgIpc) is 2.46. The lowest BCUT2D eigenvalue weighted by Gasteiger charge is -2.10. The van der Waals surface area contributed by atoms with Gasteiger partial charge in [-0.15, -0.1) is 0 Å². The van der Waals surface area contributed by atoms with Gasteiger partial charge in [0.2, 0.25) is 0 Å². The van der Waals surface area contributed by atoms with E-state index in [4.69, 9.17) is 16.3 Å². The van der Waals surface area contributed by atoms with Gasteiger partial charge >= 0.3 is 6.18 Å². The lowest BCUT2D eigenvalue weighted by atomic mass is 10.1. The summed E-state index contributed by atoms with van der Waals surface area (Å²) in [7, 11) is 0. The molecule has 0 bridgehead atoms. The van der Waals surface area contributed by atoms with Crippen LogP contribution in [0.3, 0.4) is 0 Å². The van der Waals surface area contributed by atoms with Gasteiger partial charge in [-0.05, 0) is 17.7 Å². The number of hydrogen-bond donors (Lipinski definition) is 0. The molecule has 0 aliphatic carbocycles. The molecule has 0 N–H and O–H groups in total. The van der Waals surface area contributed by atoms with E-state index in [9.17, 15) is 18.0 Å². The van der Waals surface area contributed by atoms with Crippen LogP contribution in [0.15, 0.2) is 48.5 Å². The van der Waals surface area contributed by atoms with Crippen LogP contribution in [0.1, 0.15) is 21.5 Å². The number of rotatable bonds is 5. The van der Waals surface area contributed by atoms with Crippen LogP contribution >= 0.6 is 11.6 Å². The van der Waals surface area contributed by atoms with Gasteiger partial charge in [-0.1, -0.05) is 48.0 Å². The van der Waals surface area contributed by atoms with Crippen molar-refractivity contribution < 1.29 is 22.7 Å². The minimum absolute atomic E-state index is 0.0889. The fraction of sp³-hybridized carbons (Fsp3) is 0.188. The zero-order valence-electron chi connectivity index (χ0n) is 11.4. The summed E-state index contributed by atoms with van der Waals surface area (Å²) in [5, 5.41) is -0.499. The Bertz CT molecular complexity index is 654. The second-order valence-corrected chi connectivity index (χ2v) is 5.00. The summed E-state index contributed by atoms with van der Waals surface area (Å²) in [5.41, 5.74) is 0.0303. The Balaban J connectivity index is 1.97. The van der Waals surface area contributed by atoms with Crippen LogP contribution in [-0.2, 0) is 17.5 Å². The predicted octanol–water partition coefficient (Wildman–Crippen LogP) is 4.76. The zero-order valence-corrected chi connectivity index (χ0v) is 12.1. The van der Waals surface area contributed by atoms with Gasteiger partial charge in [0.05, 0.1) is 17.2 Å². The Hall–Kier alpha value is -1.85. The largest absolute Gasteiger partial charge is 0.417 e. The maximum Gasteiger partial charge on any atom is 0.417 e. The third-order valence-corrected chi connectivity index (χ3v) is 3.25. The molecule has 0 radical (unpaired) electrons. The van der Waals surface area contributed by atoms with Crippen LogP contribution in [0.25, 0.3) is 0 Å². The van der Waals surface area contributed by atoms with E-state index in [0.29, 0.717) is 0 Å². The monoisotopic (exact) mass is 328 g/mol. The molecule has 0 aliphatic heterocycles. The van der Waals surface area contributed by atoms with Crippen LogP contribution in [0.5, 0.6) is 0 Å². The highest BCUT2D eigenvalue weighted by atomic mass is 35.5. The average molecular weight is 329 g/mol. The summed E-state index contributed by atoms with van der Waals surface area (Å²) in [6.07, 6.45) is -4.54. The Morgan fingerprint density at radius 3 is 2.36 bits per heavy atom. The van der Waals surface area contributed by atoms with E-state index in [2.05, 4.69) is 0 Å². The molecule has 0 saturated heterocycles. The van der Waals surface area contributed by atoms with Gasteiger partial charge in [-0.3, -0.25) is 4.79 Å². The fourth-order valence-corrected chi connectivity index (χ4v) is 2.13. The highest BCUT2D eigenvalue weighted by Gasteiger charge is 2.33. The summed E-state index contributed by atoms with van der Waals surface area (Å²) in [6.45, 7) is 0.0253. The molecule has 0 aromatic heterocycles. The number of halogens is 4. The second-order valence-electron chi connectivity index (χ2n) is 4.59. The number of ketones is 1. The molecule has 22 heavy (non-hydrogen) atoms. The lowest BCUT2D eigenvalue weighted by molar-refractivity contribution is -0.137. The molecule has 0 saturated carbocycles. The number of carbonyl (C=O) groups excluding carboxylic acids is 1. The van der Waals surface area contributed by atoms with Gasteiger partial charge in [0.1, 0.15) is 6.61 Å². The van der Waals surface area contributed by atoms with Crippen LogP contribution in [0.2, 0.25) is 5.02 Å². The van der Waals surface area contributed by atoms with Crippen molar-refractivity contribution >= 4 is 17.4 Å². The van der Waals surface area contributed by atoms with E-state index in [1.165, 1.54) is 0 Å². The van der Waals surface area contributed by atoms with Crippen molar-refractivity contribution in [2.24, 2.45) is 0 Å². The van der Waals surface area contributed by atoms with Crippen molar-refractivity contribution in [3.63, 3.8) is 0 Å². The third kappa shape index (κ3) is 4.32. The van der Waals surface area contributed by atoms with Crippen LogP contribution in [-0.4, -0.2) is 12.4 Å². The molecule has 2 aromatic rings. The summed E-state index contributed by atoms with van der Waals surface area (Å²) in [4.78, 5) is 11.9. The first-order valence-electron chi connectivity index (χ1n) is 6.39. The highest BCUT2D eigenvalue weighted by molar-refractivity contribution is 6.31. The van der Waals surface area contributed by atoms with Crippen molar-refractivity contribution in [3.8, 4) is 0 Å². The molecule has 0 heterocycles. The van der Waals surface area contributed by atoms with Crippen molar-refractivity contribution in [1.82, 2.24) is 0 Å². The van der Waals surface area contributed by atoms with E-state index in [1.807, 2.05) is 30.3 Å². The predicted molar refractivity (Wildman–Crippen MR) is 76.9 cm³/mol. The summed E-state index contributed by atoms with van der Waals surface area (Å²) in [6, 6.07) is 12.2. The van der Waals surface area contributed by atoms with Crippen LogP contribution in [0.4, 0.5) is 13.2 Å². The molecule has 0 aliphatic rings. The van der Waals surface area contributed by atoms with Crippen molar-refractivity contribution in [2.45, 2.75) is 12.8 Å². The molecule has 116 valence electrons. The highest BCUT2D eigenvalue weighted by Crippen LogP contribution is 2.34. The molecule has 0 spiro atoms. The number of hydrogen-bond acceptors (Lipinski definition) is 2. The quantitative estimate of drug-likeness (QED) is 0.740. The summed E-state index contributed by atoms with van der Waals surface area (Å²) >= 11 is 5.58. The Kier molecular flexibility index (Phi) is 5.21. The molecule has 2 nitrogen and oxygen atoms in total. The number of benzene rings is 2. The third-order valence-electron chi connectivity index (χ3n) is 2.94. The minimum atomic E-state index is -4.54. The van der Waals surface area contributed by atoms with Crippen molar-refractivity contribution in [3.05, 3.63) is 70.2 Å². The number of carbonyl (C=O) groups is 1. The van der Waals surface area contributed by atoms with Gasteiger partial charge < -0.3 is 4.74 Å². The Morgan fingerprint density at radius 2 is 1.77 bits per heavy atom. The van der Waals surface area contributed by atoms with E-state index in [1.54, 1.807) is 0 Å². The standard InChI is InChI=1S/C16H12ClF3O2/c17-14-8-12(6-7-13(14)16(18,19)20)15(21)10-22-9-11-4-2-1-3-5-11/h1-8H,9-10H2. The van der Waals surface area contributed by atoms with Crippen molar-refractivity contribution in [2.75, 3.05) is 6.61 Å². The summed E-state index contributed by atoms with van der Waals surface area (Å²) < 4.78 is 43.0. The first kappa shape index (κ1) is 16.5. The summed E-state index contributed by atoms with van der Waals surface area (Å²) in [5.74, 6) is -0.424. The second kappa shape index (κ2) is 6.94. The minimum Gasteiger partial charge on any atom is -0.369 e. The smallest absolute Gasteiger partial charge is 0.369 e. The maximum atomic E-state index is 12.6. The van der Waals surface area contributed by atoms with Gasteiger partial charge in [-0.2, -0.15) is 13.2 Å². The van der Waals surface area contributed by atoms with Gasteiger partial charge in [0, 0.05) is 5.56 Å². The normalized spacial score (nSPS) is 11.5.